The van der Waals surface area contributed by atoms with E-state index in [-0.39, 0.29) is 5.82 Å². The Morgan fingerprint density at radius 3 is 2.09 bits per heavy atom. The minimum atomic E-state index is -1.34. The maximum atomic E-state index is 13.2. The predicted octanol–water partition coefficient (Wildman–Crippen LogP) is 4.58. The molecule has 0 spiro atoms. The minimum absolute atomic E-state index is 0.260. The number of nitrogens with zero attached hydrogens (tertiary/aromatic N) is 3. The molecule has 162 valence electrons. The third kappa shape index (κ3) is 4.12. The van der Waals surface area contributed by atoms with Crippen LogP contribution in [0.1, 0.15) is 12.8 Å². The molecular weight excluding hydrogens is 427 g/mol. The van der Waals surface area contributed by atoms with E-state index in [1.807, 2.05) is 24.3 Å². The molecule has 1 saturated carbocycles. The van der Waals surface area contributed by atoms with Crippen LogP contribution in [-0.4, -0.2) is 38.0 Å². The molecule has 2 heterocycles. The Hall–Kier alpha value is -3.20. The smallest absolute Gasteiger partial charge is 0.183 e. The highest BCUT2D eigenvalue weighted by molar-refractivity contribution is 7.19. The van der Waals surface area contributed by atoms with Gasteiger partial charge in [-0.05, 0) is 36.1 Å². The number of aliphatic hydroxyl groups excluding tert-OH is 1. The van der Waals surface area contributed by atoms with Gasteiger partial charge in [-0.15, -0.1) is 0 Å². The fourth-order valence-corrected chi connectivity index (χ4v) is 4.56. The summed E-state index contributed by atoms with van der Waals surface area (Å²) in [6.45, 7) is 0.450. The zero-order valence-corrected chi connectivity index (χ0v) is 17.9. The molecule has 2 aromatic carbocycles. The third-order valence-corrected chi connectivity index (χ3v) is 6.88. The summed E-state index contributed by atoms with van der Waals surface area (Å²) >= 11 is 1.48. The van der Waals surface area contributed by atoms with Crippen LogP contribution in [0.15, 0.2) is 67.3 Å². The van der Waals surface area contributed by atoms with E-state index in [0.29, 0.717) is 11.7 Å². The van der Waals surface area contributed by atoms with E-state index in [1.54, 1.807) is 24.5 Å². The van der Waals surface area contributed by atoms with Crippen molar-refractivity contribution in [3.63, 3.8) is 0 Å². The molecule has 0 unspecified atom stereocenters. The Balaban J connectivity index is 1.46. The SMILES string of the molecule is OC(O)C1(CNc2nc(-c3ccc(-c4ccc(F)cc4)cc3)c(-c3cncnc3)s2)CC1. The van der Waals surface area contributed by atoms with E-state index in [1.165, 1.54) is 29.8 Å². The lowest BCUT2D eigenvalue weighted by atomic mass is 10.0. The topological polar surface area (TPSA) is 91.2 Å². The highest BCUT2D eigenvalue weighted by Crippen LogP contribution is 2.48. The van der Waals surface area contributed by atoms with Crippen molar-refractivity contribution >= 4 is 16.5 Å². The average molecular weight is 449 g/mol. The molecule has 0 bridgehead atoms. The molecule has 3 N–H and O–H groups in total. The molecule has 1 fully saturated rings. The number of hydrogen-bond donors (Lipinski definition) is 3. The van der Waals surface area contributed by atoms with Crippen molar-refractivity contribution < 1.29 is 14.6 Å². The van der Waals surface area contributed by atoms with Gasteiger partial charge in [-0.1, -0.05) is 47.7 Å². The quantitative estimate of drug-likeness (QED) is 0.359. The molecule has 2 aromatic heterocycles. The van der Waals surface area contributed by atoms with Crippen LogP contribution >= 0.6 is 11.3 Å². The van der Waals surface area contributed by atoms with E-state index in [9.17, 15) is 14.6 Å². The van der Waals surface area contributed by atoms with Gasteiger partial charge in [0.15, 0.2) is 11.4 Å². The van der Waals surface area contributed by atoms with Gasteiger partial charge in [0.05, 0.1) is 10.6 Å². The summed E-state index contributed by atoms with van der Waals surface area (Å²) in [4.78, 5) is 14.0. The largest absolute Gasteiger partial charge is 0.368 e. The van der Waals surface area contributed by atoms with E-state index in [4.69, 9.17) is 4.98 Å². The van der Waals surface area contributed by atoms with Crippen molar-refractivity contribution in [2.75, 3.05) is 11.9 Å². The van der Waals surface area contributed by atoms with Gasteiger partial charge in [0, 0.05) is 35.5 Å². The van der Waals surface area contributed by atoms with Gasteiger partial charge in [0.1, 0.15) is 12.1 Å². The van der Waals surface area contributed by atoms with E-state index >= 15 is 0 Å². The van der Waals surface area contributed by atoms with Crippen LogP contribution in [0, 0.1) is 11.2 Å². The molecule has 0 saturated heterocycles. The first-order valence-electron chi connectivity index (χ1n) is 10.3. The van der Waals surface area contributed by atoms with Crippen LogP contribution in [0.25, 0.3) is 32.8 Å². The Labute approximate surface area is 188 Å². The van der Waals surface area contributed by atoms with Gasteiger partial charge in [-0.25, -0.2) is 19.3 Å². The summed E-state index contributed by atoms with van der Waals surface area (Å²) in [5.74, 6) is -0.260. The van der Waals surface area contributed by atoms with Crippen molar-refractivity contribution in [1.29, 1.82) is 0 Å². The highest BCUT2D eigenvalue weighted by Gasteiger charge is 2.48. The summed E-state index contributed by atoms with van der Waals surface area (Å²) in [6.07, 6.45) is 5.21. The standard InChI is InChI=1S/C24H21FN4O2S/c25-19-7-5-16(6-8-19)15-1-3-17(4-2-15)20-21(18-11-26-14-27-12-18)32-23(29-20)28-13-24(9-10-24)22(30)31/h1-8,11-12,14,22,30-31H,9-10,13H2,(H,28,29). The molecule has 0 radical (unpaired) electrons. The number of benzene rings is 2. The zero-order chi connectivity index (χ0) is 22.1. The maximum Gasteiger partial charge on any atom is 0.183 e. The lowest BCUT2D eigenvalue weighted by molar-refractivity contribution is -0.0907. The molecule has 4 aromatic rings. The second-order valence-electron chi connectivity index (χ2n) is 8.00. The molecular formula is C24H21FN4O2S. The van der Waals surface area contributed by atoms with Gasteiger partial charge < -0.3 is 15.5 Å². The van der Waals surface area contributed by atoms with Gasteiger partial charge in [-0.2, -0.15) is 0 Å². The molecule has 6 nitrogen and oxygen atoms in total. The molecule has 8 heteroatoms. The second kappa shape index (κ2) is 8.38. The minimum Gasteiger partial charge on any atom is -0.368 e. The summed E-state index contributed by atoms with van der Waals surface area (Å²) in [5.41, 5.74) is 4.03. The fraction of sp³-hybridized carbons (Fsp3) is 0.208. The lowest BCUT2D eigenvalue weighted by Crippen LogP contribution is -2.28. The number of halogens is 1. The van der Waals surface area contributed by atoms with Crippen molar-refractivity contribution in [2.24, 2.45) is 5.41 Å². The lowest BCUT2D eigenvalue weighted by Gasteiger charge is -2.17. The highest BCUT2D eigenvalue weighted by atomic mass is 32.1. The first kappa shape index (κ1) is 20.7. The molecule has 0 amide bonds. The van der Waals surface area contributed by atoms with Crippen molar-refractivity contribution in [1.82, 2.24) is 15.0 Å². The second-order valence-corrected chi connectivity index (χ2v) is 9.00. The first-order chi connectivity index (χ1) is 15.5. The molecule has 0 atom stereocenters. The summed E-state index contributed by atoms with van der Waals surface area (Å²) < 4.78 is 13.2. The average Bonchev–Trinajstić information content (AvgIpc) is 3.51. The maximum absolute atomic E-state index is 13.2. The summed E-state index contributed by atoms with van der Waals surface area (Å²) in [5, 5.41) is 23.3. The van der Waals surface area contributed by atoms with Crippen molar-refractivity contribution in [3.05, 3.63) is 73.1 Å². The van der Waals surface area contributed by atoms with E-state index in [2.05, 4.69) is 15.3 Å². The number of anilines is 1. The van der Waals surface area contributed by atoms with Crippen molar-refractivity contribution in [3.8, 4) is 32.8 Å². The normalized spacial score (nSPS) is 14.5. The van der Waals surface area contributed by atoms with Crippen molar-refractivity contribution in [2.45, 2.75) is 19.1 Å². The Bertz CT molecular complexity index is 1210. The number of aromatic nitrogens is 3. The van der Waals surface area contributed by atoms with Gasteiger partial charge in [0.2, 0.25) is 0 Å². The van der Waals surface area contributed by atoms with Gasteiger partial charge in [0.25, 0.3) is 0 Å². The third-order valence-electron chi connectivity index (χ3n) is 5.82. The van der Waals surface area contributed by atoms with Crippen LogP contribution in [-0.2, 0) is 0 Å². The molecule has 1 aliphatic rings. The predicted molar refractivity (Wildman–Crippen MR) is 122 cm³/mol. The first-order valence-corrected chi connectivity index (χ1v) is 11.1. The Kier molecular flexibility index (Phi) is 5.42. The molecule has 0 aliphatic heterocycles. The number of nitrogens with one attached hydrogen (secondary N) is 1. The Morgan fingerprint density at radius 2 is 1.50 bits per heavy atom. The monoisotopic (exact) mass is 448 g/mol. The number of thiazole rings is 1. The van der Waals surface area contributed by atoms with Crippen LogP contribution in [0.3, 0.4) is 0 Å². The zero-order valence-electron chi connectivity index (χ0n) is 17.1. The molecule has 1 aliphatic carbocycles. The summed E-state index contributed by atoms with van der Waals surface area (Å²) in [7, 11) is 0. The fourth-order valence-electron chi connectivity index (χ4n) is 3.60. The summed E-state index contributed by atoms with van der Waals surface area (Å²) in [6, 6.07) is 14.4. The Morgan fingerprint density at radius 1 is 0.906 bits per heavy atom. The number of hydrogen-bond acceptors (Lipinski definition) is 7. The van der Waals surface area contributed by atoms with Crippen LogP contribution in [0.2, 0.25) is 0 Å². The number of rotatable bonds is 7. The number of aliphatic hydroxyl groups is 2. The van der Waals surface area contributed by atoms with Crippen LogP contribution in [0.4, 0.5) is 9.52 Å². The van der Waals surface area contributed by atoms with Gasteiger partial charge in [-0.3, -0.25) is 0 Å². The van der Waals surface area contributed by atoms with E-state index in [0.717, 1.165) is 45.7 Å². The van der Waals surface area contributed by atoms with Crippen LogP contribution in [0.5, 0.6) is 0 Å². The van der Waals surface area contributed by atoms with E-state index < -0.39 is 11.7 Å². The molecule has 32 heavy (non-hydrogen) atoms. The van der Waals surface area contributed by atoms with Gasteiger partial charge >= 0.3 is 0 Å². The molecule has 5 rings (SSSR count). The van der Waals surface area contributed by atoms with Crippen LogP contribution < -0.4 is 5.32 Å².